The average Bonchev–Trinajstić information content (AvgIpc) is 2.84. The van der Waals surface area contributed by atoms with E-state index in [1.807, 2.05) is 6.92 Å². The van der Waals surface area contributed by atoms with Crippen LogP contribution in [0.1, 0.15) is 56.8 Å². The van der Waals surface area contributed by atoms with E-state index in [1.54, 1.807) is 6.07 Å². The Bertz CT molecular complexity index is 367. The third-order valence-electron chi connectivity index (χ3n) is 3.52. The molecule has 1 amide bonds. The molecule has 1 N–H and O–H groups in total. The molecule has 1 rings (SSSR count). The van der Waals surface area contributed by atoms with Gasteiger partial charge in [0.15, 0.2) is 5.69 Å². The second-order valence-corrected chi connectivity index (χ2v) is 4.73. The molecule has 0 unspecified atom stereocenters. The highest BCUT2D eigenvalue weighted by Gasteiger charge is 2.21. The number of carbonyl (C=O) groups excluding carboxylic acids is 1. The van der Waals surface area contributed by atoms with Crippen LogP contribution in [0, 0.1) is 5.41 Å². The predicted octanol–water partition coefficient (Wildman–Crippen LogP) is 2.79. The third-order valence-corrected chi connectivity index (χ3v) is 3.52. The minimum Gasteiger partial charge on any atom is -0.361 e. The molecule has 0 aliphatic heterocycles. The lowest BCUT2D eigenvalue weighted by atomic mass is 9.85. The van der Waals surface area contributed by atoms with Gasteiger partial charge in [-0.05, 0) is 18.3 Å². The van der Waals surface area contributed by atoms with Crippen molar-refractivity contribution in [1.82, 2.24) is 10.5 Å². The molecule has 96 valence electrons. The van der Waals surface area contributed by atoms with Gasteiger partial charge < -0.3 is 9.84 Å². The summed E-state index contributed by atoms with van der Waals surface area (Å²) in [6, 6.07) is 1.70. The Morgan fingerprint density at radius 2 is 2.06 bits per heavy atom. The van der Waals surface area contributed by atoms with Gasteiger partial charge >= 0.3 is 0 Å². The molecule has 4 heteroatoms. The zero-order chi connectivity index (χ0) is 12.9. The molecule has 1 heterocycles. The summed E-state index contributed by atoms with van der Waals surface area (Å²) < 4.78 is 5.01. The van der Waals surface area contributed by atoms with Gasteiger partial charge in [0.25, 0.3) is 5.91 Å². The van der Waals surface area contributed by atoms with Gasteiger partial charge in [-0.3, -0.25) is 4.79 Å². The van der Waals surface area contributed by atoms with Gasteiger partial charge in [-0.2, -0.15) is 0 Å². The van der Waals surface area contributed by atoms with Crippen LogP contribution in [0.2, 0.25) is 0 Å². The lowest BCUT2D eigenvalue weighted by Gasteiger charge is -2.26. The van der Waals surface area contributed by atoms with Crippen molar-refractivity contribution in [2.24, 2.45) is 5.41 Å². The minimum atomic E-state index is -0.151. The second-order valence-electron chi connectivity index (χ2n) is 4.73. The molecule has 0 saturated carbocycles. The van der Waals surface area contributed by atoms with Crippen molar-refractivity contribution in [2.45, 2.75) is 47.0 Å². The molecule has 0 fully saturated rings. The molecule has 0 bridgehead atoms. The molecule has 4 nitrogen and oxygen atoms in total. The zero-order valence-corrected chi connectivity index (χ0v) is 11.2. The maximum atomic E-state index is 11.8. The summed E-state index contributed by atoms with van der Waals surface area (Å²) in [5.41, 5.74) is 0.531. The highest BCUT2D eigenvalue weighted by Crippen LogP contribution is 2.23. The second kappa shape index (κ2) is 5.84. The van der Waals surface area contributed by atoms with Gasteiger partial charge in [-0.1, -0.05) is 32.9 Å². The van der Waals surface area contributed by atoms with Crippen molar-refractivity contribution in [2.75, 3.05) is 6.54 Å². The molecule has 0 aliphatic carbocycles. The molecular weight excluding hydrogens is 216 g/mol. The Hall–Kier alpha value is -1.32. The summed E-state index contributed by atoms with van der Waals surface area (Å²) in [7, 11) is 0. The molecule has 0 aromatic carbocycles. The van der Waals surface area contributed by atoms with Crippen molar-refractivity contribution < 1.29 is 9.32 Å². The van der Waals surface area contributed by atoms with Gasteiger partial charge in [0, 0.05) is 19.0 Å². The number of aryl methyl sites for hydroxylation is 1. The molecule has 0 aliphatic rings. The highest BCUT2D eigenvalue weighted by molar-refractivity contribution is 5.92. The average molecular weight is 238 g/mol. The Morgan fingerprint density at radius 1 is 1.41 bits per heavy atom. The van der Waals surface area contributed by atoms with Gasteiger partial charge in [0.2, 0.25) is 0 Å². The van der Waals surface area contributed by atoms with E-state index in [9.17, 15) is 4.79 Å². The van der Waals surface area contributed by atoms with Crippen LogP contribution in [-0.2, 0) is 6.42 Å². The molecule has 0 atom stereocenters. The summed E-state index contributed by atoms with van der Waals surface area (Å²) in [5, 5.41) is 6.67. The first-order valence-electron chi connectivity index (χ1n) is 6.28. The fourth-order valence-electron chi connectivity index (χ4n) is 1.47. The van der Waals surface area contributed by atoms with E-state index in [1.165, 1.54) is 0 Å². The van der Waals surface area contributed by atoms with Crippen LogP contribution >= 0.6 is 0 Å². The van der Waals surface area contributed by atoms with Gasteiger partial charge in [-0.15, -0.1) is 0 Å². The Balaban J connectivity index is 2.55. The van der Waals surface area contributed by atoms with E-state index < -0.39 is 0 Å². The lowest BCUT2D eigenvalue weighted by Crippen LogP contribution is -2.35. The summed E-state index contributed by atoms with van der Waals surface area (Å²) in [6.07, 6.45) is 2.84. The monoisotopic (exact) mass is 238 g/mol. The molecule has 1 aromatic rings. The Kier molecular flexibility index (Phi) is 4.73. The fourth-order valence-corrected chi connectivity index (χ4v) is 1.47. The van der Waals surface area contributed by atoms with Crippen LogP contribution in [0.3, 0.4) is 0 Å². The van der Waals surface area contributed by atoms with Crippen molar-refractivity contribution in [3.63, 3.8) is 0 Å². The number of hydrogen-bond donors (Lipinski definition) is 1. The summed E-state index contributed by atoms with van der Waals surface area (Å²) in [4.78, 5) is 11.8. The first-order valence-corrected chi connectivity index (χ1v) is 6.28. The number of nitrogens with one attached hydrogen (secondary N) is 1. The quantitative estimate of drug-likeness (QED) is 0.829. The fraction of sp³-hybridized carbons (Fsp3) is 0.692. The maximum Gasteiger partial charge on any atom is 0.273 e. The molecular formula is C13H22N2O2. The van der Waals surface area contributed by atoms with Gasteiger partial charge in [-0.25, -0.2) is 0 Å². The zero-order valence-electron chi connectivity index (χ0n) is 11.2. The molecule has 1 aromatic heterocycles. The molecule has 0 radical (unpaired) electrons. The topological polar surface area (TPSA) is 55.1 Å². The van der Waals surface area contributed by atoms with Crippen molar-refractivity contribution >= 4 is 5.91 Å². The number of amides is 1. The van der Waals surface area contributed by atoms with Crippen LogP contribution < -0.4 is 5.32 Å². The van der Waals surface area contributed by atoms with E-state index >= 15 is 0 Å². The SMILES string of the molecule is CCc1cc(C(=O)NCC(C)(CC)CC)no1. The number of rotatable bonds is 6. The first-order chi connectivity index (χ1) is 8.04. The number of nitrogens with zero attached hydrogens (tertiary/aromatic N) is 1. The van der Waals surface area contributed by atoms with Crippen LogP contribution in [0.4, 0.5) is 0 Å². The van der Waals surface area contributed by atoms with Crippen LogP contribution in [0.5, 0.6) is 0 Å². The predicted molar refractivity (Wildman–Crippen MR) is 66.9 cm³/mol. The van der Waals surface area contributed by atoms with Gasteiger partial charge in [0.1, 0.15) is 5.76 Å². The number of aromatic nitrogens is 1. The minimum absolute atomic E-state index is 0.151. The molecule has 0 spiro atoms. The first kappa shape index (κ1) is 13.7. The van der Waals surface area contributed by atoms with E-state index in [2.05, 4.69) is 31.2 Å². The van der Waals surface area contributed by atoms with Crippen LogP contribution in [-0.4, -0.2) is 17.6 Å². The van der Waals surface area contributed by atoms with E-state index in [-0.39, 0.29) is 11.3 Å². The number of carbonyl (C=O) groups is 1. The number of hydrogen-bond acceptors (Lipinski definition) is 3. The Labute approximate surface area is 103 Å². The largest absolute Gasteiger partial charge is 0.361 e. The summed E-state index contributed by atoms with van der Waals surface area (Å²) in [5.74, 6) is 0.588. The lowest BCUT2D eigenvalue weighted by molar-refractivity contribution is 0.0921. The summed E-state index contributed by atoms with van der Waals surface area (Å²) >= 11 is 0. The third kappa shape index (κ3) is 3.58. The van der Waals surface area contributed by atoms with Gasteiger partial charge in [0.05, 0.1) is 0 Å². The molecule has 0 saturated heterocycles. The van der Waals surface area contributed by atoms with Crippen molar-refractivity contribution in [3.8, 4) is 0 Å². The smallest absolute Gasteiger partial charge is 0.273 e. The molecule has 17 heavy (non-hydrogen) atoms. The Morgan fingerprint density at radius 3 is 2.53 bits per heavy atom. The van der Waals surface area contributed by atoms with Crippen LogP contribution in [0.15, 0.2) is 10.6 Å². The van der Waals surface area contributed by atoms with Crippen molar-refractivity contribution in [1.29, 1.82) is 0 Å². The van der Waals surface area contributed by atoms with E-state index in [0.717, 1.165) is 25.0 Å². The normalized spacial score (nSPS) is 11.5. The maximum absolute atomic E-state index is 11.8. The highest BCUT2D eigenvalue weighted by atomic mass is 16.5. The van der Waals surface area contributed by atoms with E-state index in [0.29, 0.717) is 12.2 Å². The standard InChI is InChI=1S/C13H22N2O2/c1-5-10-8-11(15-17-10)12(16)14-9-13(4,6-2)7-3/h8H,5-7,9H2,1-4H3,(H,14,16). The van der Waals surface area contributed by atoms with Crippen molar-refractivity contribution in [3.05, 3.63) is 17.5 Å². The van der Waals surface area contributed by atoms with E-state index in [4.69, 9.17) is 4.52 Å². The summed E-state index contributed by atoms with van der Waals surface area (Å²) in [6.45, 7) is 9.09. The van der Waals surface area contributed by atoms with Crippen LogP contribution in [0.25, 0.3) is 0 Å².